The standard InChI is InChI=1S/C26H34N2O4/c1-6-27(7-2)16-21(29)17-32-22-13-14-24-23(15-22)25(26(30)31-8-3)19(5)28(24)20-11-9-18(4)10-12-20/h9-15,21,29H,6-8,16-17H2,1-5H3/t21-/m1/s1. The molecule has 3 aromatic rings. The highest BCUT2D eigenvalue weighted by Crippen LogP contribution is 2.32. The minimum Gasteiger partial charge on any atom is -0.491 e. The van der Waals surface area contributed by atoms with Crippen molar-refractivity contribution in [1.82, 2.24) is 9.47 Å². The number of carbonyl (C=O) groups is 1. The summed E-state index contributed by atoms with van der Waals surface area (Å²) in [5.41, 5.74) is 4.42. The maximum Gasteiger partial charge on any atom is 0.340 e. The lowest BCUT2D eigenvalue weighted by molar-refractivity contribution is 0.0527. The number of nitrogens with zero attached hydrogens (tertiary/aromatic N) is 2. The fourth-order valence-corrected chi connectivity index (χ4v) is 4.00. The molecule has 3 rings (SSSR count). The Hall–Kier alpha value is -2.83. The van der Waals surface area contributed by atoms with Gasteiger partial charge < -0.3 is 24.0 Å². The van der Waals surface area contributed by atoms with E-state index in [0.717, 1.165) is 35.4 Å². The summed E-state index contributed by atoms with van der Waals surface area (Å²) in [7, 11) is 0. The molecule has 6 heteroatoms. The molecule has 0 aliphatic rings. The van der Waals surface area contributed by atoms with E-state index in [2.05, 4.69) is 35.4 Å². The Morgan fingerprint density at radius 2 is 1.75 bits per heavy atom. The van der Waals surface area contributed by atoms with Crippen molar-refractivity contribution in [3.8, 4) is 11.4 Å². The van der Waals surface area contributed by atoms with Crippen molar-refractivity contribution >= 4 is 16.9 Å². The van der Waals surface area contributed by atoms with Gasteiger partial charge >= 0.3 is 5.97 Å². The molecule has 0 bridgehead atoms. The number of fused-ring (bicyclic) bond motifs is 1. The highest BCUT2D eigenvalue weighted by Gasteiger charge is 2.22. The first-order valence-electron chi connectivity index (χ1n) is 11.3. The average molecular weight is 439 g/mol. The van der Waals surface area contributed by atoms with Crippen LogP contribution in [0.3, 0.4) is 0 Å². The van der Waals surface area contributed by atoms with Crippen molar-refractivity contribution < 1.29 is 19.4 Å². The molecule has 0 saturated heterocycles. The van der Waals surface area contributed by atoms with Crippen LogP contribution in [0.1, 0.15) is 42.4 Å². The van der Waals surface area contributed by atoms with Gasteiger partial charge in [0.1, 0.15) is 18.5 Å². The first-order valence-corrected chi connectivity index (χ1v) is 11.3. The number of benzene rings is 2. The number of hydrogen-bond donors (Lipinski definition) is 1. The van der Waals surface area contributed by atoms with E-state index in [1.807, 2.05) is 44.2 Å². The Balaban J connectivity index is 1.97. The lowest BCUT2D eigenvalue weighted by atomic mass is 10.1. The topological polar surface area (TPSA) is 63.9 Å². The number of rotatable bonds is 10. The zero-order valence-corrected chi connectivity index (χ0v) is 19.7. The van der Waals surface area contributed by atoms with Crippen LogP contribution in [0, 0.1) is 13.8 Å². The van der Waals surface area contributed by atoms with Gasteiger partial charge in [0.25, 0.3) is 0 Å². The van der Waals surface area contributed by atoms with Crippen LogP contribution in [0.4, 0.5) is 0 Å². The Bertz CT molecular complexity index is 1050. The van der Waals surface area contributed by atoms with Crippen LogP contribution in [-0.2, 0) is 4.74 Å². The molecule has 1 aromatic heterocycles. The van der Waals surface area contributed by atoms with Gasteiger partial charge in [0, 0.05) is 23.3 Å². The second kappa shape index (κ2) is 10.7. The molecule has 32 heavy (non-hydrogen) atoms. The van der Waals surface area contributed by atoms with Crippen LogP contribution in [0.15, 0.2) is 42.5 Å². The molecule has 0 saturated carbocycles. The second-order valence-corrected chi connectivity index (χ2v) is 7.98. The van der Waals surface area contributed by atoms with E-state index in [9.17, 15) is 9.90 Å². The smallest absolute Gasteiger partial charge is 0.340 e. The third kappa shape index (κ3) is 5.14. The molecule has 0 radical (unpaired) electrons. The Labute approximate surface area is 190 Å². The van der Waals surface area contributed by atoms with Crippen LogP contribution in [0.2, 0.25) is 0 Å². The molecular weight excluding hydrogens is 404 g/mol. The Morgan fingerprint density at radius 1 is 1.06 bits per heavy atom. The average Bonchev–Trinajstić information content (AvgIpc) is 3.07. The molecule has 1 atom stereocenters. The molecule has 6 nitrogen and oxygen atoms in total. The lowest BCUT2D eigenvalue weighted by Gasteiger charge is -2.22. The van der Waals surface area contributed by atoms with E-state index in [4.69, 9.17) is 9.47 Å². The van der Waals surface area contributed by atoms with E-state index >= 15 is 0 Å². The summed E-state index contributed by atoms with van der Waals surface area (Å²) in [5.74, 6) is 0.266. The fourth-order valence-electron chi connectivity index (χ4n) is 4.00. The van der Waals surface area contributed by atoms with Crippen LogP contribution >= 0.6 is 0 Å². The second-order valence-electron chi connectivity index (χ2n) is 7.98. The van der Waals surface area contributed by atoms with Gasteiger partial charge in [-0.2, -0.15) is 0 Å². The third-order valence-electron chi connectivity index (χ3n) is 5.75. The lowest BCUT2D eigenvalue weighted by Crippen LogP contribution is -2.35. The van der Waals surface area contributed by atoms with Gasteiger partial charge in [-0.3, -0.25) is 0 Å². The van der Waals surface area contributed by atoms with Crippen LogP contribution in [0.5, 0.6) is 5.75 Å². The minimum atomic E-state index is -0.589. The van der Waals surface area contributed by atoms with Gasteiger partial charge in [0.05, 0.1) is 17.7 Å². The molecule has 0 amide bonds. The molecule has 0 fully saturated rings. The number of aryl methyl sites for hydroxylation is 1. The number of aromatic nitrogens is 1. The highest BCUT2D eigenvalue weighted by atomic mass is 16.5. The molecular formula is C26H34N2O4. The van der Waals surface area contributed by atoms with Gasteiger partial charge in [-0.25, -0.2) is 4.79 Å². The molecule has 0 spiro atoms. The SMILES string of the molecule is CCOC(=O)c1c(C)n(-c2ccc(C)cc2)c2ccc(OC[C@H](O)CN(CC)CC)cc12. The van der Waals surface area contributed by atoms with Crippen molar-refractivity contribution in [3.05, 3.63) is 59.3 Å². The quantitative estimate of drug-likeness (QED) is 0.472. The van der Waals surface area contributed by atoms with Crippen molar-refractivity contribution in [2.45, 2.75) is 40.7 Å². The third-order valence-corrected chi connectivity index (χ3v) is 5.75. The van der Waals surface area contributed by atoms with Crippen molar-refractivity contribution in [3.63, 3.8) is 0 Å². The normalized spacial score (nSPS) is 12.3. The molecule has 2 aromatic carbocycles. The first kappa shape index (κ1) is 23.8. The van der Waals surface area contributed by atoms with Crippen LogP contribution < -0.4 is 4.74 Å². The summed E-state index contributed by atoms with van der Waals surface area (Å²) in [6, 6.07) is 13.9. The molecule has 1 heterocycles. The number of carbonyl (C=O) groups excluding carboxylic acids is 1. The van der Waals surface area contributed by atoms with Gasteiger partial charge in [-0.15, -0.1) is 0 Å². The van der Waals surface area contributed by atoms with E-state index in [1.165, 1.54) is 5.56 Å². The molecule has 0 unspecified atom stereocenters. The fraction of sp³-hybridized carbons (Fsp3) is 0.423. The Morgan fingerprint density at radius 3 is 2.38 bits per heavy atom. The summed E-state index contributed by atoms with van der Waals surface area (Å²) in [6.45, 7) is 12.8. The number of aliphatic hydroxyl groups excluding tert-OH is 1. The predicted molar refractivity (Wildman–Crippen MR) is 128 cm³/mol. The zero-order valence-electron chi connectivity index (χ0n) is 19.7. The maximum atomic E-state index is 12.8. The summed E-state index contributed by atoms with van der Waals surface area (Å²) < 4.78 is 13.3. The minimum absolute atomic E-state index is 0.189. The summed E-state index contributed by atoms with van der Waals surface area (Å²) >= 11 is 0. The Kier molecular flexibility index (Phi) is 7.94. The molecule has 1 N–H and O–H groups in total. The van der Waals surface area contributed by atoms with Gasteiger partial charge in [0.2, 0.25) is 0 Å². The van der Waals surface area contributed by atoms with Crippen molar-refractivity contribution in [1.29, 1.82) is 0 Å². The number of esters is 1. The highest BCUT2D eigenvalue weighted by molar-refractivity contribution is 6.07. The molecule has 0 aliphatic carbocycles. The van der Waals surface area contributed by atoms with E-state index in [0.29, 0.717) is 24.5 Å². The van der Waals surface area contributed by atoms with Crippen LogP contribution in [0.25, 0.3) is 16.6 Å². The summed E-state index contributed by atoms with van der Waals surface area (Å²) in [6.07, 6.45) is -0.589. The van der Waals surface area contributed by atoms with E-state index in [1.54, 1.807) is 6.92 Å². The molecule has 0 aliphatic heterocycles. The van der Waals surface area contributed by atoms with E-state index < -0.39 is 6.10 Å². The largest absolute Gasteiger partial charge is 0.491 e. The molecule has 172 valence electrons. The number of hydrogen-bond acceptors (Lipinski definition) is 5. The number of ether oxygens (including phenoxy) is 2. The number of likely N-dealkylation sites (N-methyl/N-ethyl adjacent to an activating group) is 1. The van der Waals surface area contributed by atoms with Crippen molar-refractivity contribution in [2.75, 3.05) is 32.8 Å². The summed E-state index contributed by atoms with van der Waals surface area (Å²) in [5, 5.41) is 11.1. The zero-order chi connectivity index (χ0) is 23.3. The van der Waals surface area contributed by atoms with Crippen LogP contribution in [-0.4, -0.2) is 59.5 Å². The van der Waals surface area contributed by atoms with Gasteiger partial charge in [-0.05, 0) is 64.2 Å². The van der Waals surface area contributed by atoms with E-state index in [-0.39, 0.29) is 12.6 Å². The monoisotopic (exact) mass is 438 g/mol. The summed E-state index contributed by atoms with van der Waals surface area (Å²) in [4.78, 5) is 15.0. The van der Waals surface area contributed by atoms with Gasteiger partial charge in [-0.1, -0.05) is 31.5 Å². The maximum absolute atomic E-state index is 12.8. The predicted octanol–water partition coefficient (Wildman–Crippen LogP) is 4.51. The first-order chi connectivity index (χ1) is 15.4. The number of aliphatic hydroxyl groups is 1. The van der Waals surface area contributed by atoms with Gasteiger partial charge in [0.15, 0.2) is 0 Å². The van der Waals surface area contributed by atoms with Crippen molar-refractivity contribution in [2.24, 2.45) is 0 Å².